The van der Waals surface area contributed by atoms with Gasteiger partial charge in [-0.15, -0.1) is 0 Å². The monoisotopic (exact) mass is 281 g/mol. The number of nitrogens with zero attached hydrogens (tertiary/aromatic N) is 1. The van der Waals surface area contributed by atoms with Crippen LogP contribution in [0.5, 0.6) is 0 Å². The van der Waals surface area contributed by atoms with Gasteiger partial charge in [0, 0.05) is 12.1 Å². The van der Waals surface area contributed by atoms with Gasteiger partial charge in [-0.1, -0.05) is 0 Å². The third-order valence-electron chi connectivity index (χ3n) is 2.58. The van der Waals surface area contributed by atoms with Gasteiger partial charge in [0.25, 0.3) is 5.69 Å². The van der Waals surface area contributed by atoms with Crippen LogP contribution < -0.4 is 0 Å². The molecule has 0 saturated heterocycles. The molecule has 0 aliphatic heterocycles. The van der Waals surface area contributed by atoms with Gasteiger partial charge in [-0.2, -0.15) is 0 Å². The molecule has 0 N–H and O–H groups in total. The third kappa shape index (κ3) is 2.51. The van der Waals surface area contributed by atoms with E-state index in [1.807, 2.05) is 0 Å². The predicted molar refractivity (Wildman–Crippen MR) is 62.8 cm³/mol. The highest BCUT2D eigenvalue weighted by atomic mass is 19.1. The van der Waals surface area contributed by atoms with E-state index in [0.717, 1.165) is 24.3 Å². The number of ketones is 1. The lowest BCUT2D eigenvalue weighted by atomic mass is 10.0. The van der Waals surface area contributed by atoms with Crippen LogP contribution in [0.3, 0.4) is 0 Å². The number of benzene rings is 2. The number of non-ortho nitro benzene ring substituents is 1. The van der Waals surface area contributed by atoms with Crippen LogP contribution in [0, 0.1) is 27.6 Å². The fourth-order valence-corrected chi connectivity index (χ4v) is 1.62. The van der Waals surface area contributed by atoms with E-state index in [2.05, 4.69) is 0 Å². The normalized spacial score (nSPS) is 10.3. The molecule has 0 aliphatic carbocycles. The van der Waals surface area contributed by atoms with Crippen molar-refractivity contribution in [3.8, 4) is 0 Å². The van der Waals surface area contributed by atoms with E-state index in [1.165, 1.54) is 0 Å². The molecule has 102 valence electrons. The minimum absolute atomic E-state index is 0.497. The minimum atomic E-state index is -1.15. The van der Waals surface area contributed by atoms with E-state index in [1.54, 1.807) is 0 Å². The van der Waals surface area contributed by atoms with Crippen LogP contribution in [0.15, 0.2) is 36.4 Å². The second-order valence-corrected chi connectivity index (χ2v) is 3.87. The van der Waals surface area contributed by atoms with Crippen molar-refractivity contribution in [3.05, 3.63) is 75.1 Å². The molecule has 2 aromatic rings. The molecule has 2 aromatic carbocycles. The Morgan fingerprint density at radius 1 is 0.950 bits per heavy atom. The summed E-state index contributed by atoms with van der Waals surface area (Å²) < 4.78 is 39.8. The lowest BCUT2D eigenvalue weighted by molar-refractivity contribution is -0.385. The Balaban J connectivity index is 2.46. The van der Waals surface area contributed by atoms with E-state index in [9.17, 15) is 28.1 Å². The van der Waals surface area contributed by atoms with Crippen molar-refractivity contribution in [3.63, 3.8) is 0 Å². The van der Waals surface area contributed by atoms with Crippen molar-refractivity contribution >= 4 is 11.5 Å². The standard InChI is InChI=1S/C13H6F3NO3/c14-7-1-3-9(11(15)5-7)13(18)10-4-2-8(17(19)20)6-12(10)16/h1-6H. The number of nitro benzene ring substituents is 1. The first-order chi connectivity index (χ1) is 9.40. The summed E-state index contributed by atoms with van der Waals surface area (Å²) in [4.78, 5) is 21.5. The molecule has 2 rings (SSSR count). The molecule has 0 heterocycles. The van der Waals surface area contributed by atoms with E-state index >= 15 is 0 Å². The Bertz CT molecular complexity index is 716. The Labute approximate surface area is 110 Å². The van der Waals surface area contributed by atoms with Gasteiger partial charge < -0.3 is 0 Å². The van der Waals surface area contributed by atoms with Crippen LogP contribution in [0.1, 0.15) is 15.9 Å². The molecular weight excluding hydrogens is 275 g/mol. The molecule has 0 fully saturated rings. The zero-order valence-corrected chi connectivity index (χ0v) is 9.77. The zero-order chi connectivity index (χ0) is 14.9. The summed E-state index contributed by atoms with van der Waals surface area (Å²) >= 11 is 0. The Morgan fingerprint density at radius 2 is 1.50 bits per heavy atom. The molecule has 4 nitrogen and oxygen atoms in total. The van der Waals surface area contributed by atoms with Crippen molar-refractivity contribution in [2.75, 3.05) is 0 Å². The Morgan fingerprint density at radius 3 is 2.00 bits per heavy atom. The van der Waals surface area contributed by atoms with Gasteiger partial charge in [-0.25, -0.2) is 13.2 Å². The number of rotatable bonds is 3. The summed E-state index contributed by atoms with van der Waals surface area (Å²) in [6.07, 6.45) is 0. The zero-order valence-electron chi connectivity index (χ0n) is 9.77. The van der Waals surface area contributed by atoms with E-state index < -0.39 is 45.0 Å². The van der Waals surface area contributed by atoms with Crippen molar-refractivity contribution in [2.24, 2.45) is 0 Å². The lowest BCUT2D eigenvalue weighted by Crippen LogP contribution is -2.07. The number of nitro groups is 1. The van der Waals surface area contributed by atoms with E-state index in [-0.39, 0.29) is 0 Å². The average Bonchev–Trinajstić information content (AvgIpc) is 2.37. The van der Waals surface area contributed by atoms with Gasteiger partial charge in [0.15, 0.2) is 5.78 Å². The maximum absolute atomic E-state index is 13.6. The second kappa shape index (κ2) is 5.12. The van der Waals surface area contributed by atoms with Crippen molar-refractivity contribution < 1.29 is 22.9 Å². The fraction of sp³-hybridized carbons (Fsp3) is 0. The molecule has 0 bridgehead atoms. The Hall–Kier alpha value is -2.70. The topological polar surface area (TPSA) is 60.2 Å². The number of carbonyl (C=O) groups is 1. The number of hydrogen-bond donors (Lipinski definition) is 0. The first-order valence-corrected chi connectivity index (χ1v) is 5.34. The van der Waals surface area contributed by atoms with Crippen LogP contribution in [0.4, 0.5) is 18.9 Å². The largest absolute Gasteiger partial charge is 0.288 e. The lowest BCUT2D eigenvalue weighted by Gasteiger charge is -2.04. The fourth-order valence-electron chi connectivity index (χ4n) is 1.62. The molecule has 0 aromatic heterocycles. The summed E-state index contributed by atoms with van der Waals surface area (Å²) in [7, 11) is 0. The summed E-state index contributed by atoms with van der Waals surface area (Å²) in [5.74, 6) is -4.17. The van der Waals surface area contributed by atoms with Gasteiger partial charge in [-0.05, 0) is 18.2 Å². The van der Waals surface area contributed by atoms with Gasteiger partial charge in [0.1, 0.15) is 17.5 Å². The maximum Gasteiger partial charge on any atom is 0.272 e. The van der Waals surface area contributed by atoms with Gasteiger partial charge >= 0.3 is 0 Å². The molecule has 0 amide bonds. The quantitative estimate of drug-likeness (QED) is 0.493. The first-order valence-electron chi connectivity index (χ1n) is 5.34. The highest BCUT2D eigenvalue weighted by molar-refractivity contribution is 6.09. The predicted octanol–water partition coefficient (Wildman–Crippen LogP) is 3.24. The molecule has 0 aliphatic rings. The van der Waals surface area contributed by atoms with E-state index in [4.69, 9.17) is 0 Å². The molecule has 0 atom stereocenters. The van der Waals surface area contributed by atoms with Crippen LogP contribution in [0.25, 0.3) is 0 Å². The van der Waals surface area contributed by atoms with Gasteiger partial charge in [0.05, 0.1) is 22.1 Å². The van der Waals surface area contributed by atoms with Gasteiger partial charge in [0.2, 0.25) is 0 Å². The number of halogens is 3. The van der Waals surface area contributed by atoms with E-state index in [0.29, 0.717) is 12.1 Å². The van der Waals surface area contributed by atoms with Crippen LogP contribution in [-0.4, -0.2) is 10.7 Å². The second-order valence-electron chi connectivity index (χ2n) is 3.87. The summed E-state index contributed by atoms with van der Waals surface area (Å²) in [5, 5.41) is 10.4. The molecule has 0 radical (unpaired) electrons. The summed E-state index contributed by atoms with van der Waals surface area (Å²) in [6.45, 7) is 0. The SMILES string of the molecule is O=C(c1ccc(F)cc1F)c1ccc([N+](=O)[O-])cc1F. The molecule has 0 saturated carbocycles. The molecular formula is C13H6F3NO3. The maximum atomic E-state index is 13.6. The average molecular weight is 281 g/mol. The third-order valence-corrected chi connectivity index (χ3v) is 2.58. The molecule has 7 heteroatoms. The summed E-state index contributed by atoms with van der Waals surface area (Å²) in [5.41, 5.74) is -1.57. The van der Waals surface area contributed by atoms with Crippen molar-refractivity contribution in [1.29, 1.82) is 0 Å². The highest BCUT2D eigenvalue weighted by Gasteiger charge is 2.20. The van der Waals surface area contributed by atoms with Crippen LogP contribution in [0.2, 0.25) is 0 Å². The first kappa shape index (κ1) is 13.7. The number of hydrogen-bond acceptors (Lipinski definition) is 3. The Kier molecular flexibility index (Phi) is 3.51. The van der Waals surface area contributed by atoms with Gasteiger partial charge in [-0.3, -0.25) is 14.9 Å². The molecule has 0 unspecified atom stereocenters. The highest BCUT2D eigenvalue weighted by Crippen LogP contribution is 2.21. The van der Waals surface area contributed by atoms with Crippen LogP contribution in [-0.2, 0) is 0 Å². The minimum Gasteiger partial charge on any atom is -0.288 e. The van der Waals surface area contributed by atoms with Crippen LogP contribution >= 0.6 is 0 Å². The molecule has 20 heavy (non-hydrogen) atoms. The molecule has 0 spiro atoms. The van der Waals surface area contributed by atoms with Crippen molar-refractivity contribution in [2.45, 2.75) is 0 Å². The number of carbonyl (C=O) groups excluding carboxylic acids is 1. The smallest absolute Gasteiger partial charge is 0.272 e. The van der Waals surface area contributed by atoms with Crippen molar-refractivity contribution in [1.82, 2.24) is 0 Å². The summed E-state index contributed by atoms with van der Waals surface area (Å²) in [6, 6.07) is 4.62.